The fourth-order valence-corrected chi connectivity index (χ4v) is 2.97. The third-order valence-electron chi connectivity index (χ3n) is 4.22. The van der Waals surface area contributed by atoms with Crippen LogP contribution >= 0.6 is 0 Å². The summed E-state index contributed by atoms with van der Waals surface area (Å²) in [6.45, 7) is 4.77. The van der Waals surface area contributed by atoms with Crippen LogP contribution in [0, 0.1) is 6.92 Å². The molecule has 1 heterocycles. The molecule has 0 aliphatic carbocycles. The van der Waals surface area contributed by atoms with Crippen LogP contribution in [0.4, 0.5) is 0 Å². The maximum atomic E-state index is 12.3. The number of carbonyl (C=O) groups excluding carboxylic acids is 2. The normalized spacial score (nSPS) is 16.9. The van der Waals surface area contributed by atoms with Gasteiger partial charge in [0.25, 0.3) is 0 Å². The lowest BCUT2D eigenvalue weighted by molar-refractivity contribution is -0.148. The second-order valence-corrected chi connectivity index (χ2v) is 5.92. The highest BCUT2D eigenvalue weighted by molar-refractivity contribution is 5.98. The zero-order valence-corrected chi connectivity index (χ0v) is 14.1. The third kappa shape index (κ3) is 4.13. The Balaban J connectivity index is 1.94. The monoisotopic (exact) mass is 333 g/mol. The Labute approximate surface area is 141 Å². The average molecular weight is 333 g/mol. The van der Waals surface area contributed by atoms with Gasteiger partial charge >= 0.3 is 5.97 Å². The molecule has 0 saturated carbocycles. The molecule has 24 heavy (non-hydrogen) atoms. The van der Waals surface area contributed by atoms with Crippen molar-refractivity contribution in [2.24, 2.45) is 0 Å². The number of ether oxygens (including phenoxy) is 1. The van der Waals surface area contributed by atoms with E-state index in [2.05, 4.69) is 0 Å². The van der Waals surface area contributed by atoms with Crippen LogP contribution in [-0.4, -0.2) is 46.9 Å². The minimum atomic E-state index is -0.977. The Bertz CT molecular complexity index is 640. The highest BCUT2D eigenvalue weighted by atomic mass is 16.5. The summed E-state index contributed by atoms with van der Waals surface area (Å²) < 4.78 is 5.44. The highest BCUT2D eigenvalue weighted by Gasteiger charge is 2.33. The number of likely N-dealkylation sites (tertiary alicyclic amines) is 1. The minimum Gasteiger partial charge on any atom is -0.494 e. The van der Waals surface area contributed by atoms with Crippen LogP contribution < -0.4 is 4.74 Å². The molecule has 1 atom stereocenters. The smallest absolute Gasteiger partial charge is 0.326 e. The van der Waals surface area contributed by atoms with E-state index in [1.165, 1.54) is 4.90 Å². The summed E-state index contributed by atoms with van der Waals surface area (Å²) >= 11 is 0. The van der Waals surface area contributed by atoms with Crippen LogP contribution in [0.3, 0.4) is 0 Å². The molecule has 6 nitrogen and oxygen atoms in total. The number of hydrogen-bond acceptors (Lipinski definition) is 4. The van der Waals surface area contributed by atoms with Crippen molar-refractivity contribution >= 4 is 17.7 Å². The second-order valence-electron chi connectivity index (χ2n) is 5.92. The zero-order valence-electron chi connectivity index (χ0n) is 14.1. The van der Waals surface area contributed by atoms with Crippen LogP contribution in [-0.2, 0) is 9.59 Å². The lowest BCUT2D eigenvalue weighted by Crippen LogP contribution is -2.40. The third-order valence-corrected chi connectivity index (χ3v) is 4.22. The molecule has 1 aliphatic rings. The summed E-state index contributed by atoms with van der Waals surface area (Å²) in [6, 6.07) is 4.46. The van der Waals surface area contributed by atoms with Gasteiger partial charge in [-0.3, -0.25) is 9.59 Å². The van der Waals surface area contributed by atoms with Gasteiger partial charge in [0.1, 0.15) is 11.8 Å². The van der Waals surface area contributed by atoms with Crippen molar-refractivity contribution in [2.45, 2.75) is 45.6 Å². The first kappa shape index (κ1) is 18.0. The Morgan fingerprint density at radius 2 is 2.04 bits per heavy atom. The van der Waals surface area contributed by atoms with Crippen molar-refractivity contribution < 1.29 is 24.2 Å². The number of ketones is 1. The Morgan fingerprint density at radius 3 is 2.67 bits per heavy atom. The van der Waals surface area contributed by atoms with Gasteiger partial charge < -0.3 is 14.7 Å². The number of hydrogen-bond donors (Lipinski definition) is 1. The van der Waals surface area contributed by atoms with Gasteiger partial charge in [0, 0.05) is 24.9 Å². The van der Waals surface area contributed by atoms with Gasteiger partial charge in [0.2, 0.25) is 5.91 Å². The van der Waals surface area contributed by atoms with Crippen molar-refractivity contribution in [3.63, 3.8) is 0 Å². The number of nitrogens with zero attached hydrogens (tertiary/aromatic N) is 1. The maximum absolute atomic E-state index is 12.3. The van der Waals surface area contributed by atoms with Crippen molar-refractivity contribution in [1.82, 2.24) is 4.90 Å². The van der Waals surface area contributed by atoms with E-state index in [-0.39, 0.29) is 24.5 Å². The van der Waals surface area contributed by atoms with Gasteiger partial charge in [0.05, 0.1) is 6.61 Å². The Kier molecular flexibility index (Phi) is 5.95. The van der Waals surface area contributed by atoms with Gasteiger partial charge in [-0.15, -0.1) is 0 Å². The maximum Gasteiger partial charge on any atom is 0.326 e. The molecule has 1 fully saturated rings. The van der Waals surface area contributed by atoms with Crippen LogP contribution in [0.1, 0.15) is 48.5 Å². The summed E-state index contributed by atoms with van der Waals surface area (Å²) in [6.07, 6.45) is 1.28. The molecule has 0 spiro atoms. The van der Waals surface area contributed by atoms with E-state index >= 15 is 0 Å². The summed E-state index contributed by atoms with van der Waals surface area (Å²) in [4.78, 5) is 37.0. The first-order chi connectivity index (χ1) is 11.4. The number of amides is 1. The number of carboxylic acids is 1. The summed E-state index contributed by atoms with van der Waals surface area (Å²) in [5.74, 6) is -0.628. The molecule has 1 N–H and O–H groups in total. The molecule has 1 amide bonds. The molecular weight excluding hydrogens is 310 g/mol. The number of benzene rings is 1. The number of carboxylic acid groups (broad SMARTS) is 1. The molecule has 1 aromatic carbocycles. The lowest BCUT2D eigenvalue weighted by atomic mass is 10.0. The number of aryl methyl sites for hydroxylation is 1. The van der Waals surface area contributed by atoms with E-state index in [4.69, 9.17) is 9.84 Å². The van der Waals surface area contributed by atoms with Gasteiger partial charge in [-0.2, -0.15) is 0 Å². The van der Waals surface area contributed by atoms with E-state index in [0.29, 0.717) is 31.6 Å². The van der Waals surface area contributed by atoms with E-state index < -0.39 is 12.0 Å². The summed E-state index contributed by atoms with van der Waals surface area (Å²) in [5, 5.41) is 9.12. The topological polar surface area (TPSA) is 83.9 Å². The van der Waals surface area contributed by atoms with Crippen LogP contribution in [0.2, 0.25) is 0 Å². The Hall–Kier alpha value is -2.37. The van der Waals surface area contributed by atoms with E-state index in [0.717, 1.165) is 11.3 Å². The molecule has 1 aliphatic heterocycles. The second kappa shape index (κ2) is 7.95. The largest absolute Gasteiger partial charge is 0.494 e. The van der Waals surface area contributed by atoms with Crippen LogP contribution in [0.15, 0.2) is 18.2 Å². The van der Waals surface area contributed by atoms with Crippen molar-refractivity contribution in [3.05, 3.63) is 29.3 Å². The molecular formula is C18H23NO5. The Morgan fingerprint density at radius 1 is 1.29 bits per heavy atom. The fraction of sp³-hybridized carbons (Fsp3) is 0.500. The zero-order chi connectivity index (χ0) is 17.7. The van der Waals surface area contributed by atoms with Crippen LogP contribution in [0.5, 0.6) is 5.75 Å². The molecule has 0 radical (unpaired) electrons. The van der Waals surface area contributed by atoms with Crippen LogP contribution in [0.25, 0.3) is 0 Å². The molecule has 0 aromatic heterocycles. The standard InChI is InChI=1S/C18H23NO5/c1-3-24-16-8-6-13(11-12(16)2)15(20)7-9-17(21)19-10-4-5-14(19)18(22)23/h6,8,11,14H,3-5,7,9-10H2,1-2H3,(H,22,23)/t14-/m0/s1. The molecule has 1 aromatic rings. The fourth-order valence-electron chi connectivity index (χ4n) is 2.97. The molecule has 1 saturated heterocycles. The SMILES string of the molecule is CCOc1ccc(C(=O)CCC(=O)N2CCC[C@H]2C(=O)O)cc1C. The van der Waals surface area contributed by atoms with Crippen molar-refractivity contribution in [3.8, 4) is 5.75 Å². The quantitative estimate of drug-likeness (QED) is 0.775. The summed E-state index contributed by atoms with van der Waals surface area (Å²) in [5.41, 5.74) is 1.42. The lowest BCUT2D eigenvalue weighted by Gasteiger charge is -2.21. The predicted molar refractivity (Wildman–Crippen MR) is 88.3 cm³/mol. The van der Waals surface area contributed by atoms with E-state index in [1.54, 1.807) is 18.2 Å². The van der Waals surface area contributed by atoms with E-state index in [9.17, 15) is 14.4 Å². The first-order valence-corrected chi connectivity index (χ1v) is 8.23. The predicted octanol–water partition coefficient (Wildman–Crippen LogP) is 2.43. The average Bonchev–Trinajstić information content (AvgIpc) is 3.04. The molecule has 0 bridgehead atoms. The molecule has 130 valence electrons. The minimum absolute atomic E-state index is 0.0366. The van der Waals surface area contributed by atoms with Gasteiger partial charge in [-0.05, 0) is 50.5 Å². The first-order valence-electron chi connectivity index (χ1n) is 8.23. The number of Topliss-reactive ketones (excluding diaryl/α,β-unsaturated/α-hetero) is 1. The van der Waals surface area contributed by atoms with Gasteiger partial charge in [-0.1, -0.05) is 0 Å². The number of aliphatic carboxylic acids is 1. The van der Waals surface area contributed by atoms with Gasteiger partial charge in [-0.25, -0.2) is 4.79 Å². The van der Waals surface area contributed by atoms with E-state index in [1.807, 2.05) is 13.8 Å². The molecule has 6 heteroatoms. The summed E-state index contributed by atoms with van der Waals surface area (Å²) in [7, 11) is 0. The molecule has 2 rings (SSSR count). The molecule has 0 unspecified atom stereocenters. The van der Waals surface area contributed by atoms with Gasteiger partial charge in [0.15, 0.2) is 5.78 Å². The number of rotatable bonds is 7. The number of carbonyl (C=O) groups is 3. The van der Waals surface area contributed by atoms with Crippen molar-refractivity contribution in [1.29, 1.82) is 0 Å². The highest BCUT2D eigenvalue weighted by Crippen LogP contribution is 2.22. The van der Waals surface area contributed by atoms with Crippen molar-refractivity contribution in [2.75, 3.05) is 13.2 Å².